The molecule has 1 saturated heterocycles. The van der Waals surface area contributed by atoms with Crippen LogP contribution in [0.3, 0.4) is 0 Å². The standard InChI is InChI=1S/C29H27ClN4O/c1-19-8-13-26-23(16-19)24-17-32(2)15-14-27(24)34(26)29(35)25-18-33(22-6-4-3-5-7-22)31-28(25)20-9-11-21(30)12-10-20/h3-13,16,18,24,27H,14-15,17H2,1-2H3/p+1/t24-,27-/m0/s1. The van der Waals surface area contributed by atoms with Crippen molar-refractivity contribution in [2.75, 3.05) is 25.0 Å². The van der Waals surface area contributed by atoms with Gasteiger partial charge in [-0.25, -0.2) is 4.68 Å². The Hall–Kier alpha value is -3.41. The first-order valence-electron chi connectivity index (χ1n) is 12.2. The lowest BCUT2D eigenvalue weighted by molar-refractivity contribution is -0.886. The summed E-state index contributed by atoms with van der Waals surface area (Å²) >= 11 is 6.16. The summed E-state index contributed by atoms with van der Waals surface area (Å²) in [6.07, 6.45) is 2.86. The minimum absolute atomic E-state index is 0.00860. The summed E-state index contributed by atoms with van der Waals surface area (Å²) < 4.78 is 1.81. The molecule has 0 bridgehead atoms. The Bertz CT molecular complexity index is 1400. The molecule has 1 unspecified atom stereocenters. The summed E-state index contributed by atoms with van der Waals surface area (Å²) in [5, 5.41) is 5.54. The second kappa shape index (κ2) is 8.67. The van der Waals surface area contributed by atoms with Gasteiger partial charge in [-0.15, -0.1) is 0 Å². The number of halogens is 1. The monoisotopic (exact) mass is 483 g/mol. The van der Waals surface area contributed by atoms with Crippen molar-refractivity contribution in [1.82, 2.24) is 9.78 Å². The summed E-state index contributed by atoms with van der Waals surface area (Å²) in [6, 6.07) is 24.1. The number of carbonyl (C=O) groups is 1. The molecular formula is C29H28ClN4O+. The predicted octanol–water partition coefficient (Wildman–Crippen LogP) is 4.53. The van der Waals surface area contributed by atoms with Crippen LogP contribution in [-0.2, 0) is 0 Å². The quantitative estimate of drug-likeness (QED) is 0.465. The number of rotatable bonds is 3. The van der Waals surface area contributed by atoms with Crippen LogP contribution in [0.2, 0.25) is 5.02 Å². The Morgan fingerprint density at radius 3 is 2.60 bits per heavy atom. The summed E-state index contributed by atoms with van der Waals surface area (Å²) in [6.45, 7) is 4.23. The first-order valence-corrected chi connectivity index (χ1v) is 12.5. The van der Waals surface area contributed by atoms with E-state index in [1.165, 1.54) is 16.0 Å². The van der Waals surface area contributed by atoms with E-state index in [9.17, 15) is 4.79 Å². The number of benzene rings is 3. The molecule has 0 radical (unpaired) electrons. The Labute approximate surface area is 210 Å². The number of piperidine rings is 1. The van der Waals surface area contributed by atoms with E-state index in [1.807, 2.05) is 60.8 Å². The number of carbonyl (C=O) groups excluding carboxylic acids is 1. The average Bonchev–Trinajstić information content (AvgIpc) is 3.44. The molecule has 0 saturated carbocycles. The zero-order valence-corrected chi connectivity index (χ0v) is 20.7. The lowest BCUT2D eigenvalue weighted by Gasteiger charge is -2.34. The van der Waals surface area contributed by atoms with Gasteiger partial charge in [0, 0.05) is 28.9 Å². The van der Waals surface area contributed by atoms with Crippen LogP contribution < -0.4 is 9.80 Å². The van der Waals surface area contributed by atoms with Gasteiger partial charge in [-0.1, -0.05) is 59.6 Å². The third kappa shape index (κ3) is 3.85. The van der Waals surface area contributed by atoms with Crippen molar-refractivity contribution in [2.24, 2.45) is 0 Å². The Kier molecular flexibility index (Phi) is 5.47. The molecule has 3 atom stereocenters. The Morgan fingerprint density at radius 1 is 1.06 bits per heavy atom. The number of aryl methyl sites for hydroxylation is 1. The summed E-state index contributed by atoms with van der Waals surface area (Å²) in [7, 11) is 2.25. The van der Waals surface area contributed by atoms with Crippen LogP contribution in [0.25, 0.3) is 16.9 Å². The molecule has 1 N–H and O–H groups in total. The SMILES string of the molecule is Cc1ccc2c(c1)[C@@H]1C[NH+](C)CC[C@@H]1N2C(=O)c1cn(-c2ccccc2)nc1-c1ccc(Cl)cc1. The number of fused-ring (bicyclic) bond motifs is 3. The maximum absolute atomic E-state index is 14.4. The number of quaternary nitrogens is 1. The van der Waals surface area contributed by atoms with Crippen molar-refractivity contribution in [3.63, 3.8) is 0 Å². The van der Waals surface area contributed by atoms with E-state index in [0.717, 1.165) is 36.4 Å². The fourth-order valence-electron chi connectivity index (χ4n) is 5.66. The molecule has 0 aliphatic carbocycles. The summed E-state index contributed by atoms with van der Waals surface area (Å²) in [5.41, 5.74) is 6.64. The van der Waals surface area contributed by atoms with Gasteiger partial charge in [-0.3, -0.25) is 4.79 Å². The molecule has 176 valence electrons. The van der Waals surface area contributed by atoms with Crippen LogP contribution >= 0.6 is 11.6 Å². The van der Waals surface area contributed by atoms with E-state index in [2.05, 4.69) is 37.1 Å². The number of nitrogens with one attached hydrogen (secondary N) is 1. The van der Waals surface area contributed by atoms with E-state index in [1.54, 1.807) is 4.68 Å². The fourth-order valence-corrected chi connectivity index (χ4v) is 5.78. The lowest BCUT2D eigenvalue weighted by atomic mass is 9.88. The Balaban J connectivity index is 1.48. The van der Waals surface area contributed by atoms with Gasteiger partial charge in [0.2, 0.25) is 0 Å². The van der Waals surface area contributed by atoms with Gasteiger partial charge in [-0.2, -0.15) is 5.10 Å². The highest BCUT2D eigenvalue weighted by Gasteiger charge is 2.46. The number of anilines is 1. The van der Waals surface area contributed by atoms with Crippen molar-refractivity contribution in [2.45, 2.75) is 25.3 Å². The van der Waals surface area contributed by atoms with Gasteiger partial charge in [0.15, 0.2) is 0 Å². The minimum Gasteiger partial charge on any atom is -0.337 e. The number of hydrogen-bond donors (Lipinski definition) is 1. The van der Waals surface area contributed by atoms with E-state index in [-0.39, 0.29) is 11.9 Å². The van der Waals surface area contributed by atoms with Crippen molar-refractivity contribution >= 4 is 23.2 Å². The van der Waals surface area contributed by atoms with Crippen molar-refractivity contribution in [3.8, 4) is 16.9 Å². The van der Waals surface area contributed by atoms with E-state index in [0.29, 0.717) is 22.2 Å². The van der Waals surface area contributed by atoms with Gasteiger partial charge in [0.1, 0.15) is 5.69 Å². The topological polar surface area (TPSA) is 42.6 Å². The lowest BCUT2D eigenvalue weighted by Crippen LogP contribution is -3.11. The molecule has 2 aliphatic rings. The average molecular weight is 484 g/mol. The Morgan fingerprint density at radius 2 is 1.83 bits per heavy atom. The van der Waals surface area contributed by atoms with Gasteiger partial charge >= 0.3 is 0 Å². The van der Waals surface area contributed by atoms with Crippen LogP contribution in [0, 0.1) is 6.92 Å². The molecule has 6 heteroatoms. The molecule has 6 rings (SSSR count). The number of para-hydroxylation sites is 1. The van der Waals surface area contributed by atoms with E-state index in [4.69, 9.17) is 16.7 Å². The van der Waals surface area contributed by atoms with Crippen molar-refractivity contribution < 1.29 is 9.69 Å². The van der Waals surface area contributed by atoms with Gasteiger partial charge in [-0.05, 0) is 42.8 Å². The molecule has 1 aromatic heterocycles. The van der Waals surface area contributed by atoms with Crippen molar-refractivity contribution in [1.29, 1.82) is 0 Å². The molecule has 1 amide bonds. The van der Waals surface area contributed by atoms with Crippen LogP contribution in [0.1, 0.15) is 33.8 Å². The van der Waals surface area contributed by atoms with Crippen LogP contribution in [-0.4, -0.2) is 41.9 Å². The van der Waals surface area contributed by atoms with Gasteiger partial charge < -0.3 is 9.80 Å². The largest absolute Gasteiger partial charge is 0.337 e. The van der Waals surface area contributed by atoms with Crippen LogP contribution in [0.15, 0.2) is 79.0 Å². The highest BCUT2D eigenvalue weighted by atomic mass is 35.5. The minimum atomic E-state index is 0.00860. The third-order valence-corrected chi connectivity index (χ3v) is 7.63. The van der Waals surface area contributed by atoms with Crippen LogP contribution in [0.4, 0.5) is 5.69 Å². The number of likely N-dealkylation sites (tertiary alicyclic amines) is 1. The molecule has 2 aliphatic heterocycles. The molecule has 1 fully saturated rings. The van der Waals surface area contributed by atoms with E-state index >= 15 is 0 Å². The zero-order valence-electron chi connectivity index (χ0n) is 19.9. The summed E-state index contributed by atoms with van der Waals surface area (Å²) in [5.74, 6) is 0.361. The highest BCUT2D eigenvalue weighted by molar-refractivity contribution is 6.30. The number of amides is 1. The molecule has 35 heavy (non-hydrogen) atoms. The van der Waals surface area contributed by atoms with E-state index < -0.39 is 0 Å². The first-order chi connectivity index (χ1) is 17.0. The molecule has 3 heterocycles. The normalized spacial score (nSPS) is 21.0. The molecular weight excluding hydrogens is 456 g/mol. The first kappa shape index (κ1) is 22.1. The van der Waals surface area contributed by atoms with Gasteiger partial charge in [0.25, 0.3) is 5.91 Å². The second-order valence-corrected chi connectivity index (χ2v) is 10.2. The predicted molar refractivity (Wildman–Crippen MR) is 140 cm³/mol. The molecule has 0 spiro atoms. The smallest absolute Gasteiger partial charge is 0.262 e. The maximum atomic E-state index is 14.4. The number of likely N-dealkylation sites (N-methyl/N-ethyl adjacent to an activating group) is 1. The third-order valence-electron chi connectivity index (χ3n) is 7.38. The maximum Gasteiger partial charge on any atom is 0.262 e. The summed E-state index contributed by atoms with van der Waals surface area (Å²) in [4.78, 5) is 17.9. The van der Waals surface area contributed by atoms with Gasteiger partial charge in [0.05, 0.1) is 43.3 Å². The molecule has 3 aromatic carbocycles. The van der Waals surface area contributed by atoms with Crippen LogP contribution in [0.5, 0.6) is 0 Å². The molecule has 4 aromatic rings. The zero-order chi connectivity index (χ0) is 24.1. The van der Waals surface area contributed by atoms with Crippen molar-refractivity contribution in [3.05, 3.63) is 101 Å². The molecule has 5 nitrogen and oxygen atoms in total. The second-order valence-electron chi connectivity index (χ2n) is 9.79. The number of aromatic nitrogens is 2. The number of nitrogens with zero attached hydrogens (tertiary/aromatic N) is 3. The fraction of sp³-hybridized carbons (Fsp3) is 0.241. The highest BCUT2D eigenvalue weighted by Crippen LogP contribution is 2.44. The number of hydrogen-bond acceptors (Lipinski definition) is 2.